The van der Waals surface area contributed by atoms with Crippen LogP contribution in [0.5, 0.6) is 0 Å². The molecule has 1 saturated heterocycles. The third-order valence-electron chi connectivity index (χ3n) is 4.46. The largest absolute Gasteiger partial charge is 0.357 e. The summed E-state index contributed by atoms with van der Waals surface area (Å²) in [5.74, 6) is 0.361. The minimum atomic E-state index is -0.00782. The fourth-order valence-corrected chi connectivity index (χ4v) is 3.43. The van der Waals surface area contributed by atoms with Gasteiger partial charge in [0.1, 0.15) is 11.7 Å². The zero-order valence-electron chi connectivity index (χ0n) is 8.14. The monoisotopic (exact) mass is 180 g/mol. The van der Waals surface area contributed by atoms with Crippen LogP contribution in [0.15, 0.2) is 0 Å². The van der Waals surface area contributed by atoms with Gasteiger partial charge in [0.05, 0.1) is 0 Å². The maximum absolute atomic E-state index is 11.5. The lowest BCUT2D eigenvalue weighted by Gasteiger charge is -2.42. The number of rotatable bonds is 0. The Labute approximate surface area is 78.6 Å². The number of carbonyl (C=O) groups excluding carboxylic acids is 1. The average Bonchev–Trinajstić information content (AvgIpc) is 2.84. The quantitative estimate of drug-likeness (QED) is 0.534. The molecule has 0 aromatic heterocycles. The molecule has 3 aliphatic rings. The Bertz CT molecular complexity index is 273. The molecular weight excluding hydrogens is 164 g/mol. The number of ketones is 1. The van der Waals surface area contributed by atoms with Gasteiger partial charge in [-0.05, 0) is 19.3 Å². The lowest BCUT2D eigenvalue weighted by Crippen LogP contribution is -2.45. The van der Waals surface area contributed by atoms with Crippen molar-refractivity contribution in [3.05, 3.63) is 0 Å². The van der Waals surface area contributed by atoms with E-state index in [9.17, 15) is 4.79 Å². The maximum Gasteiger partial charge on any atom is 0.164 e. The molecule has 0 aromatic carbocycles. The smallest absolute Gasteiger partial charge is 0.164 e. The fraction of sp³-hybridized carbons (Fsp3) is 0.909. The molecule has 2 heteroatoms. The summed E-state index contributed by atoms with van der Waals surface area (Å²) in [7, 11) is 0. The molecule has 1 spiro atoms. The molecule has 3 rings (SSSR count). The number of hydrogen-bond acceptors (Lipinski definition) is 2. The maximum atomic E-state index is 11.5. The summed E-state index contributed by atoms with van der Waals surface area (Å²) in [6.07, 6.45) is 6.76. The van der Waals surface area contributed by atoms with Crippen molar-refractivity contribution in [2.75, 3.05) is 0 Å². The summed E-state index contributed by atoms with van der Waals surface area (Å²) >= 11 is 0. The Balaban J connectivity index is 1.97. The molecule has 2 saturated carbocycles. The van der Waals surface area contributed by atoms with Gasteiger partial charge in [-0.25, -0.2) is 0 Å². The highest BCUT2D eigenvalue weighted by Gasteiger charge is 2.71. The summed E-state index contributed by atoms with van der Waals surface area (Å²) in [6, 6.07) is 0. The van der Waals surface area contributed by atoms with Gasteiger partial charge in [0.2, 0.25) is 0 Å². The Hall–Kier alpha value is -0.370. The number of epoxide rings is 1. The first-order chi connectivity index (χ1) is 6.18. The summed E-state index contributed by atoms with van der Waals surface area (Å²) in [5.41, 5.74) is 0.324. The van der Waals surface area contributed by atoms with E-state index in [2.05, 4.69) is 6.92 Å². The first kappa shape index (κ1) is 7.98. The predicted octanol–water partition coefficient (Wildman–Crippen LogP) is 2.07. The molecule has 2 aliphatic carbocycles. The van der Waals surface area contributed by atoms with E-state index in [-0.39, 0.29) is 11.7 Å². The van der Waals surface area contributed by atoms with Crippen LogP contribution in [-0.2, 0) is 9.53 Å². The number of ether oxygens (including phenoxy) is 1. The number of hydrogen-bond donors (Lipinski definition) is 0. The van der Waals surface area contributed by atoms with Gasteiger partial charge in [-0.15, -0.1) is 0 Å². The van der Waals surface area contributed by atoms with E-state index in [1.165, 1.54) is 19.3 Å². The normalized spacial score (nSPS) is 53.9. The van der Waals surface area contributed by atoms with Gasteiger partial charge in [0, 0.05) is 11.8 Å². The van der Waals surface area contributed by atoms with Crippen molar-refractivity contribution in [2.24, 2.45) is 5.41 Å². The standard InChI is InChI=1S/C11H16O2/c1-10-5-2-3-6-11(10)9(13-11)8(12)4-7-10/h9H,2-7H2,1H3/t9-,10+,11-/m0/s1. The second kappa shape index (κ2) is 2.17. The Morgan fingerprint density at radius 1 is 1.31 bits per heavy atom. The molecule has 0 unspecified atom stereocenters. The topological polar surface area (TPSA) is 29.6 Å². The van der Waals surface area contributed by atoms with Gasteiger partial charge in [-0.1, -0.05) is 19.8 Å². The first-order valence-electron chi connectivity index (χ1n) is 5.39. The second-order valence-corrected chi connectivity index (χ2v) is 5.12. The number of Topliss-reactive ketones (excluding diaryl/α,β-unsaturated/α-hetero) is 1. The minimum Gasteiger partial charge on any atom is -0.357 e. The van der Waals surface area contributed by atoms with Crippen molar-refractivity contribution in [1.29, 1.82) is 0 Å². The van der Waals surface area contributed by atoms with Crippen LogP contribution in [0.2, 0.25) is 0 Å². The van der Waals surface area contributed by atoms with Crippen molar-refractivity contribution in [3.8, 4) is 0 Å². The van der Waals surface area contributed by atoms with Crippen LogP contribution in [0.1, 0.15) is 45.4 Å². The van der Waals surface area contributed by atoms with E-state index in [0.29, 0.717) is 11.2 Å². The average molecular weight is 180 g/mol. The zero-order valence-corrected chi connectivity index (χ0v) is 8.14. The van der Waals surface area contributed by atoms with Crippen LogP contribution in [0, 0.1) is 5.41 Å². The molecule has 72 valence electrons. The van der Waals surface area contributed by atoms with Crippen molar-refractivity contribution in [2.45, 2.75) is 57.2 Å². The molecule has 0 bridgehead atoms. The van der Waals surface area contributed by atoms with Crippen molar-refractivity contribution in [1.82, 2.24) is 0 Å². The lowest BCUT2D eigenvalue weighted by molar-refractivity contribution is -0.122. The van der Waals surface area contributed by atoms with Gasteiger partial charge in [-0.2, -0.15) is 0 Å². The molecular formula is C11H16O2. The third kappa shape index (κ3) is 0.804. The minimum absolute atomic E-state index is 0.000579. The van der Waals surface area contributed by atoms with Crippen LogP contribution in [0.4, 0.5) is 0 Å². The lowest BCUT2D eigenvalue weighted by atomic mass is 9.60. The van der Waals surface area contributed by atoms with Gasteiger partial charge in [0.25, 0.3) is 0 Å². The number of carbonyl (C=O) groups is 1. The van der Waals surface area contributed by atoms with Crippen LogP contribution in [0.3, 0.4) is 0 Å². The van der Waals surface area contributed by atoms with E-state index in [1.807, 2.05) is 0 Å². The van der Waals surface area contributed by atoms with E-state index in [4.69, 9.17) is 4.74 Å². The second-order valence-electron chi connectivity index (χ2n) is 5.12. The van der Waals surface area contributed by atoms with Crippen LogP contribution in [0.25, 0.3) is 0 Å². The van der Waals surface area contributed by atoms with Crippen molar-refractivity contribution < 1.29 is 9.53 Å². The molecule has 0 N–H and O–H groups in total. The molecule has 1 heterocycles. The van der Waals surface area contributed by atoms with Gasteiger partial charge < -0.3 is 4.74 Å². The highest BCUT2D eigenvalue weighted by Crippen LogP contribution is 2.63. The van der Waals surface area contributed by atoms with Gasteiger partial charge in [0.15, 0.2) is 5.78 Å². The highest BCUT2D eigenvalue weighted by molar-refractivity contribution is 5.88. The molecule has 2 nitrogen and oxygen atoms in total. The molecule has 3 atom stereocenters. The van der Waals surface area contributed by atoms with E-state index < -0.39 is 0 Å². The van der Waals surface area contributed by atoms with Crippen LogP contribution >= 0.6 is 0 Å². The molecule has 0 amide bonds. The Kier molecular flexibility index (Phi) is 1.33. The zero-order chi connectivity index (χ0) is 9.10. The van der Waals surface area contributed by atoms with E-state index in [0.717, 1.165) is 19.3 Å². The molecule has 13 heavy (non-hydrogen) atoms. The Morgan fingerprint density at radius 3 is 2.92 bits per heavy atom. The SMILES string of the molecule is C[C@]12CCCC[C@@]13O[C@H]3C(=O)CC2. The molecule has 0 radical (unpaired) electrons. The van der Waals surface area contributed by atoms with Crippen LogP contribution in [-0.4, -0.2) is 17.5 Å². The molecule has 1 aliphatic heterocycles. The Morgan fingerprint density at radius 2 is 2.08 bits per heavy atom. The van der Waals surface area contributed by atoms with Gasteiger partial charge >= 0.3 is 0 Å². The molecule has 0 aromatic rings. The van der Waals surface area contributed by atoms with Crippen LogP contribution < -0.4 is 0 Å². The van der Waals surface area contributed by atoms with E-state index in [1.54, 1.807) is 0 Å². The first-order valence-corrected chi connectivity index (χ1v) is 5.39. The molecule has 3 fully saturated rings. The summed E-state index contributed by atoms with van der Waals surface area (Å²) < 4.78 is 5.74. The highest BCUT2D eigenvalue weighted by atomic mass is 16.6. The summed E-state index contributed by atoms with van der Waals surface area (Å²) in [5, 5.41) is 0. The fourth-order valence-electron chi connectivity index (χ4n) is 3.43. The van der Waals surface area contributed by atoms with E-state index >= 15 is 0 Å². The van der Waals surface area contributed by atoms with Gasteiger partial charge in [-0.3, -0.25) is 4.79 Å². The summed E-state index contributed by atoms with van der Waals surface area (Å²) in [4.78, 5) is 11.5. The summed E-state index contributed by atoms with van der Waals surface area (Å²) in [6.45, 7) is 2.32. The van der Waals surface area contributed by atoms with Crippen molar-refractivity contribution in [3.63, 3.8) is 0 Å². The van der Waals surface area contributed by atoms with Crippen molar-refractivity contribution >= 4 is 5.78 Å². The third-order valence-corrected chi connectivity index (χ3v) is 4.46. The predicted molar refractivity (Wildman–Crippen MR) is 48.4 cm³/mol.